The Morgan fingerprint density at radius 2 is 2.38 bits per heavy atom. The molecule has 72 valence electrons. The van der Waals surface area contributed by atoms with Gasteiger partial charge in [-0.1, -0.05) is 0 Å². The summed E-state index contributed by atoms with van der Waals surface area (Å²) in [5.74, 6) is 0.398. The van der Waals surface area contributed by atoms with Crippen LogP contribution in [0.3, 0.4) is 0 Å². The van der Waals surface area contributed by atoms with Gasteiger partial charge >= 0.3 is 0 Å². The second-order valence-corrected chi connectivity index (χ2v) is 4.75. The molecule has 1 heterocycles. The molecule has 1 atom stereocenters. The van der Waals surface area contributed by atoms with Crippen molar-refractivity contribution in [2.24, 2.45) is 11.7 Å². The monoisotopic (exact) mass is 197 g/mol. The predicted molar refractivity (Wildman–Crippen MR) is 54.7 cm³/mol. The number of rotatable bonds is 3. The molecule has 3 heteroatoms. The van der Waals surface area contributed by atoms with Gasteiger partial charge in [-0.25, -0.2) is 0 Å². The second-order valence-electron chi connectivity index (χ2n) is 3.84. The smallest absolute Gasteiger partial charge is 0.114 e. The zero-order valence-corrected chi connectivity index (χ0v) is 8.60. The molecule has 0 aliphatic heterocycles. The minimum atomic E-state index is -0.738. The van der Waals surface area contributed by atoms with Gasteiger partial charge < -0.3 is 10.8 Å². The molecule has 1 aromatic heterocycles. The van der Waals surface area contributed by atoms with Crippen LogP contribution in [0.5, 0.6) is 0 Å². The Kier molecular flexibility index (Phi) is 2.18. The van der Waals surface area contributed by atoms with E-state index in [1.807, 2.05) is 18.4 Å². The van der Waals surface area contributed by atoms with Crippen LogP contribution in [0.2, 0.25) is 0 Å². The van der Waals surface area contributed by atoms with Gasteiger partial charge in [-0.05, 0) is 42.7 Å². The van der Waals surface area contributed by atoms with E-state index in [0.717, 1.165) is 17.7 Å². The third-order valence-electron chi connectivity index (χ3n) is 2.82. The average Bonchev–Trinajstić information content (AvgIpc) is 2.89. The highest BCUT2D eigenvalue weighted by Gasteiger charge is 2.45. The van der Waals surface area contributed by atoms with Gasteiger partial charge in [-0.15, -0.1) is 11.3 Å². The van der Waals surface area contributed by atoms with Gasteiger partial charge in [0.1, 0.15) is 5.60 Å². The summed E-state index contributed by atoms with van der Waals surface area (Å²) < 4.78 is 0. The maximum absolute atomic E-state index is 10.4. The standard InChI is InChI=1S/C10H15NOS/c1-7-4-5-13-9(7)10(12,6-11)8-2-3-8/h4-5,8,12H,2-3,6,11H2,1H3. The Balaban J connectivity index is 2.35. The van der Waals surface area contributed by atoms with Crippen LogP contribution in [0.1, 0.15) is 23.3 Å². The summed E-state index contributed by atoms with van der Waals surface area (Å²) >= 11 is 1.62. The summed E-state index contributed by atoms with van der Waals surface area (Å²) in [5.41, 5.74) is 6.10. The first-order valence-corrected chi connectivity index (χ1v) is 5.53. The first-order valence-electron chi connectivity index (χ1n) is 4.65. The summed E-state index contributed by atoms with van der Waals surface area (Å²) in [5, 5.41) is 12.4. The minimum Gasteiger partial charge on any atom is -0.383 e. The molecule has 2 rings (SSSR count). The fourth-order valence-corrected chi connectivity index (χ4v) is 2.94. The zero-order chi connectivity index (χ0) is 9.47. The van der Waals surface area contributed by atoms with Gasteiger partial charge in [0, 0.05) is 11.4 Å². The molecule has 2 nitrogen and oxygen atoms in total. The van der Waals surface area contributed by atoms with Crippen molar-refractivity contribution in [2.45, 2.75) is 25.4 Å². The van der Waals surface area contributed by atoms with Crippen molar-refractivity contribution >= 4 is 11.3 Å². The maximum atomic E-state index is 10.4. The van der Waals surface area contributed by atoms with E-state index in [-0.39, 0.29) is 0 Å². The zero-order valence-electron chi connectivity index (χ0n) is 7.79. The quantitative estimate of drug-likeness (QED) is 0.773. The van der Waals surface area contributed by atoms with Crippen molar-refractivity contribution in [1.29, 1.82) is 0 Å². The lowest BCUT2D eigenvalue weighted by molar-refractivity contribution is 0.0254. The minimum absolute atomic E-state index is 0.346. The Bertz CT molecular complexity index is 306. The highest BCUT2D eigenvalue weighted by Crippen LogP contribution is 2.47. The first-order chi connectivity index (χ1) is 6.18. The van der Waals surface area contributed by atoms with E-state index in [1.54, 1.807) is 11.3 Å². The third kappa shape index (κ3) is 1.41. The summed E-state index contributed by atoms with van der Waals surface area (Å²) in [6, 6.07) is 2.04. The molecule has 1 unspecified atom stereocenters. The molecule has 0 aromatic carbocycles. The number of hydrogen-bond acceptors (Lipinski definition) is 3. The Hall–Kier alpha value is -0.380. The van der Waals surface area contributed by atoms with Crippen LogP contribution in [0.4, 0.5) is 0 Å². The Morgan fingerprint density at radius 3 is 2.77 bits per heavy atom. The molecule has 0 radical (unpaired) electrons. The second kappa shape index (κ2) is 3.08. The normalized spacial score (nSPS) is 21.5. The van der Waals surface area contributed by atoms with Gasteiger partial charge in [0.2, 0.25) is 0 Å². The molecule has 1 aliphatic carbocycles. The molecule has 3 N–H and O–H groups in total. The number of aliphatic hydroxyl groups is 1. The van der Waals surface area contributed by atoms with E-state index in [4.69, 9.17) is 5.73 Å². The molecule has 1 aromatic rings. The molecule has 0 bridgehead atoms. The van der Waals surface area contributed by atoms with Gasteiger partial charge in [0.05, 0.1) is 0 Å². The van der Waals surface area contributed by atoms with E-state index in [9.17, 15) is 5.11 Å². The lowest BCUT2D eigenvalue weighted by Crippen LogP contribution is -2.36. The van der Waals surface area contributed by atoms with Crippen LogP contribution in [0.25, 0.3) is 0 Å². The summed E-state index contributed by atoms with van der Waals surface area (Å²) in [7, 11) is 0. The lowest BCUT2D eigenvalue weighted by atomic mass is 9.94. The summed E-state index contributed by atoms with van der Waals surface area (Å²) in [6.45, 7) is 2.38. The number of aryl methyl sites for hydroxylation is 1. The fourth-order valence-electron chi connectivity index (χ4n) is 1.82. The van der Waals surface area contributed by atoms with Crippen LogP contribution in [0.15, 0.2) is 11.4 Å². The van der Waals surface area contributed by atoms with Gasteiger partial charge in [-0.2, -0.15) is 0 Å². The van der Waals surface area contributed by atoms with E-state index < -0.39 is 5.60 Å². The third-order valence-corrected chi connectivity index (χ3v) is 4.00. The highest BCUT2D eigenvalue weighted by atomic mass is 32.1. The molecular weight excluding hydrogens is 182 g/mol. The molecule has 13 heavy (non-hydrogen) atoms. The first kappa shape index (κ1) is 9.19. The molecule has 0 spiro atoms. The van der Waals surface area contributed by atoms with Gasteiger partial charge in [0.25, 0.3) is 0 Å². The topological polar surface area (TPSA) is 46.2 Å². The van der Waals surface area contributed by atoms with Crippen LogP contribution in [-0.4, -0.2) is 11.7 Å². The van der Waals surface area contributed by atoms with Crippen molar-refractivity contribution in [1.82, 2.24) is 0 Å². The number of hydrogen-bond donors (Lipinski definition) is 2. The predicted octanol–water partition coefficient (Wildman–Crippen LogP) is 1.61. The molecule has 0 amide bonds. The Morgan fingerprint density at radius 1 is 1.69 bits per heavy atom. The lowest BCUT2D eigenvalue weighted by Gasteiger charge is -2.26. The SMILES string of the molecule is Cc1ccsc1C(O)(CN)C1CC1. The maximum Gasteiger partial charge on any atom is 0.114 e. The molecule has 0 saturated heterocycles. The van der Waals surface area contributed by atoms with Crippen molar-refractivity contribution in [3.8, 4) is 0 Å². The van der Waals surface area contributed by atoms with Crippen LogP contribution in [-0.2, 0) is 5.60 Å². The molecular formula is C10H15NOS. The summed E-state index contributed by atoms with van der Waals surface area (Å²) in [6.07, 6.45) is 2.23. The van der Waals surface area contributed by atoms with Crippen LogP contribution in [0, 0.1) is 12.8 Å². The van der Waals surface area contributed by atoms with Crippen LogP contribution >= 0.6 is 11.3 Å². The molecule has 1 aliphatic rings. The summed E-state index contributed by atoms with van der Waals surface area (Å²) in [4.78, 5) is 1.07. The van der Waals surface area contributed by atoms with E-state index >= 15 is 0 Å². The van der Waals surface area contributed by atoms with Gasteiger partial charge in [-0.3, -0.25) is 0 Å². The van der Waals surface area contributed by atoms with E-state index in [2.05, 4.69) is 0 Å². The van der Waals surface area contributed by atoms with Crippen molar-refractivity contribution in [2.75, 3.05) is 6.54 Å². The van der Waals surface area contributed by atoms with Gasteiger partial charge in [0.15, 0.2) is 0 Å². The van der Waals surface area contributed by atoms with Crippen molar-refractivity contribution < 1.29 is 5.11 Å². The largest absolute Gasteiger partial charge is 0.383 e. The highest BCUT2D eigenvalue weighted by molar-refractivity contribution is 7.10. The van der Waals surface area contributed by atoms with Crippen LogP contribution < -0.4 is 5.73 Å². The van der Waals surface area contributed by atoms with Crippen molar-refractivity contribution in [3.63, 3.8) is 0 Å². The average molecular weight is 197 g/mol. The van der Waals surface area contributed by atoms with E-state index in [0.29, 0.717) is 12.5 Å². The Labute approximate surface area is 82.4 Å². The van der Waals surface area contributed by atoms with E-state index in [1.165, 1.54) is 5.56 Å². The fraction of sp³-hybridized carbons (Fsp3) is 0.600. The number of nitrogens with two attached hydrogens (primary N) is 1. The number of thiophene rings is 1. The molecule has 1 saturated carbocycles. The molecule has 1 fully saturated rings. The van der Waals surface area contributed by atoms with Crippen molar-refractivity contribution in [3.05, 3.63) is 21.9 Å².